The molecule has 206 valence electrons. The van der Waals surface area contributed by atoms with E-state index in [-0.39, 0.29) is 24.8 Å². The van der Waals surface area contributed by atoms with Crippen LogP contribution in [0.1, 0.15) is 29.8 Å². The van der Waals surface area contributed by atoms with Gasteiger partial charge in [0.05, 0.1) is 78.4 Å². The van der Waals surface area contributed by atoms with Crippen LogP contribution >= 0.6 is 0 Å². The Morgan fingerprint density at radius 2 is 2.15 bits per heavy atom. The van der Waals surface area contributed by atoms with Crippen LogP contribution in [0.5, 0.6) is 0 Å². The number of amides is 2. The molecule has 0 radical (unpaired) electrons. The Kier molecular flexibility index (Phi) is 8.27. The first kappa shape index (κ1) is 27.7. The van der Waals surface area contributed by atoms with Crippen molar-refractivity contribution >= 4 is 23.2 Å². The summed E-state index contributed by atoms with van der Waals surface area (Å²) in [5.74, 6) is -0.593. The molecular formula is C26H30FN7O5. The van der Waals surface area contributed by atoms with Gasteiger partial charge in [0.1, 0.15) is 12.2 Å². The molecule has 2 atom stereocenters. The minimum absolute atomic E-state index is 0.142. The number of hydrogen-bond donors (Lipinski definition) is 3. The normalized spacial score (nSPS) is 16.4. The van der Waals surface area contributed by atoms with Gasteiger partial charge < -0.3 is 25.2 Å². The molecule has 1 aliphatic rings. The van der Waals surface area contributed by atoms with Gasteiger partial charge >= 0.3 is 6.09 Å². The fourth-order valence-corrected chi connectivity index (χ4v) is 4.11. The Bertz CT molecular complexity index is 1400. The molecule has 1 unspecified atom stereocenters. The first-order valence-electron chi connectivity index (χ1n) is 12.3. The molecule has 4 rings (SSSR count). The third-order valence-electron chi connectivity index (χ3n) is 6.41. The fourth-order valence-electron chi connectivity index (χ4n) is 4.11. The Morgan fingerprint density at radius 3 is 2.87 bits per heavy atom. The summed E-state index contributed by atoms with van der Waals surface area (Å²) in [4.78, 5) is 31.3. The maximum absolute atomic E-state index is 14.3. The monoisotopic (exact) mass is 539 g/mol. The number of halogens is 1. The third kappa shape index (κ3) is 6.24. The van der Waals surface area contributed by atoms with Crippen molar-refractivity contribution in [3.63, 3.8) is 0 Å². The van der Waals surface area contributed by atoms with Gasteiger partial charge in [-0.1, -0.05) is 0 Å². The van der Waals surface area contributed by atoms with Crippen LogP contribution in [-0.2, 0) is 9.47 Å². The van der Waals surface area contributed by atoms with Gasteiger partial charge in [-0.15, -0.1) is 0 Å². The minimum Gasteiger partial charge on any atom is -0.453 e. The molecule has 0 bridgehead atoms. The molecule has 0 saturated carbocycles. The molecule has 1 saturated heterocycles. The number of morpholine rings is 1. The Morgan fingerprint density at radius 1 is 1.36 bits per heavy atom. The van der Waals surface area contributed by atoms with Crippen LogP contribution in [0.3, 0.4) is 0 Å². The molecule has 3 aromatic rings. The number of ether oxygens (including phenoxy) is 2. The zero-order valence-corrected chi connectivity index (χ0v) is 21.8. The minimum atomic E-state index is -1.69. The molecule has 13 heteroatoms. The van der Waals surface area contributed by atoms with Crippen molar-refractivity contribution in [2.24, 2.45) is 0 Å². The van der Waals surface area contributed by atoms with E-state index < -0.39 is 30.3 Å². The largest absolute Gasteiger partial charge is 0.453 e. The van der Waals surface area contributed by atoms with E-state index in [0.29, 0.717) is 41.3 Å². The first-order chi connectivity index (χ1) is 18.6. The lowest BCUT2D eigenvalue weighted by atomic mass is 10.0. The molecule has 3 aromatic heterocycles. The summed E-state index contributed by atoms with van der Waals surface area (Å²) in [6, 6.07) is 8.62. The SMILES string of the molecule is COC(=O)N1CCOC[C@H]1CNc1cc(-c2ccc3cc(C#N)cnn23)ncc1C(=O)NCC(F)C(C)(C)O. The quantitative estimate of drug-likeness (QED) is 0.390. The number of nitrogens with one attached hydrogen (secondary N) is 2. The molecule has 0 aromatic carbocycles. The number of alkyl halides is 1. The Hall–Kier alpha value is -4.28. The van der Waals surface area contributed by atoms with E-state index in [4.69, 9.17) is 14.7 Å². The average molecular weight is 540 g/mol. The predicted molar refractivity (Wildman–Crippen MR) is 139 cm³/mol. The maximum Gasteiger partial charge on any atom is 0.409 e. The van der Waals surface area contributed by atoms with Crippen LogP contribution in [0.2, 0.25) is 0 Å². The summed E-state index contributed by atoms with van der Waals surface area (Å²) < 4.78 is 26.3. The second kappa shape index (κ2) is 11.6. The lowest BCUT2D eigenvalue weighted by Crippen LogP contribution is -2.51. The van der Waals surface area contributed by atoms with Gasteiger partial charge in [0.2, 0.25) is 0 Å². The molecule has 0 spiro atoms. The maximum atomic E-state index is 14.3. The summed E-state index contributed by atoms with van der Waals surface area (Å²) >= 11 is 0. The standard InChI is InChI=1S/C26H30FN7O5/c1-26(2,37)23(27)14-31-24(35)19-13-30-21(22-5-4-17-8-16(10-28)11-32-34(17)22)9-20(19)29-12-18-15-39-7-6-33(18)25(36)38-3/h4-5,8-9,11,13,18,23,37H,6-7,12,14-15H2,1-3H3,(H,29,30)(H,31,35)/t18-,23?/m1/s1. The number of aliphatic hydroxyl groups is 1. The zero-order valence-electron chi connectivity index (χ0n) is 21.8. The molecule has 1 fully saturated rings. The first-order valence-corrected chi connectivity index (χ1v) is 12.3. The molecule has 4 heterocycles. The average Bonchev–Trinajstić information content (AvgIpc) is 3.36. The molecule has 0 aliphatic carbocycles. The number of fused-ring (bicyclic) bond motifs is 1. The number of methoxy groups -OCH3 is 1. The van der Waals surface area contributed by atoms with Crippen LogP contribution in [0, 0.1) is 11.3 Å². The van der Waals surface area contributed by atoms with Crippen LogP contribution in [0.25, 0.3) is 16.9 Å². The summed E-state index contributed by atoms with van der Waals surface area (Å²) in [5.41, 5.74) is 1.11. The number of nitriles is 1. The van der Waals surface area contributed by atoms with Crippen molar-refractivity contribution in [3.05, 3.63) is 47.8 Å². The summed E-state index contributed by atoms with van der Waals surface area (Å²) in [6.07, 6.45) is 0.636. The van der Waals surface area contributed by atoms with Crippen molar-refractivity contribution < 1.29 is 28.6 Å². The number of carbonyl (C=O) groups is 2. The fraction of sp³-hybridized carbons (Fsp3) is 0.423. The lowest BCUT2D eigenvalue weighted by molar-refractivity contribution is -0.00181. The highest BCUT2D eigenvalue weighted by molar-refractivity contribution is 6.00. The number of nitrogens with zero attached hydrogens (tertiary/aromatic N) is 5. The van der Waals surface area contributed by atoms with E-state index in [1.165, 1.54) is 33.4 Å². The van der Waals surface area contributed by atoms with E-state index in [9.17, 15) is 19.1 Å². The molecule has 3 N–H and O–H groups in total. The van der Waals surface area contributed by atoms with Crippen LogP contribution < -0.4 is 10.6 Å². The van der Waals surface area contributed by atoms with Crippen LogP contribution in [0.4, 0.5) is 14.9 Å². The number of anilines is 1. The highest BCUT2D eigenvalue weighted by Gasteiger charge is 2.29. The van der Waals surface area contributed by atoms with Crippen molar-refractivity contribution in [1.29, 1.82) is 5.26 Å². The highest BCUT2D eigenvalue weighted by atomic mass is 19.1. The Labute approximate surface area is 224 Å². The van der Waals surface area contributed by atoms with Gasteiger partial charge in [-0.2, -0.15) is 10.4 Å². The van der Waals surface area contributed by atoms with Crippen molar-refractivity contribution in [2.45, 2.75) is 31.7 Å². The summed E-state index contributed by atoms with van der Waals surface area (Å²) in [6.45, 7) is 3.48. The van der Waals surface area contributed by atoms with E-state index in [0.717, 1.165) is 0 Å². The van der Waals surface area contributed by atoms with Crippen LogP contribution in [-0.4, -0.2) is 94.4 Å². The number of pyridine rings is 1. The number of hydrogen-bond acceptors (Lipinski definition) is 9. The van der Waals surface area contributed by atoms with Gasteiger partial charge in [0.25, 0.3) is 5.91 Å². The van der Waals surface area contributed by atoms with E-state index in [2.05, 4.69) is 26.8 Å². The van der Waals surface area contributed by atoms with Gasteiger partial charge in [-0.3, -0.25) is 14.7 Å². The summed E-state index contributed by atoms with van der Waals surface area (Å²) in [7, 11) is 1.31. The zero-order chi connectivity index (χ0) is 28.2. The highest BCUT2D eigenvalue weighted by Crippen LogP contribution is 2.26. The van der Waals surface area contributed by atoms with Gasteiger partial charge in [0.15, 0.2) is 0 Å². The third-order valence-corrected chi connectivity index (χ3v) is 6.41. The second-order valence-electron chi connectivity index (χ2n) is 9.63. The topological polar surface area (TPSA) is 154 Å². The van der Waals surface area contributed by atoms with E-state index in [1.807, 2.05) is 0 Å². The van der Waals surface area contributed by atoms with Crippen molar-refractivity contribution in [1.82, 2.24) is 24.8 Å². The molecule has 2 amide bonds. The number of rotatable bonds is 8. The van der Waals surface area contributed by atoms with Gasteiger partial charge in [-0.25, -0.2) is 13.7 Å². The van der Waals surface area contributed by atoms with Gasteiger partial charge in [-0.05, 0) is 38.1 Å². The molecule has 39 heavy (non-hydrogen) atoms. The van der Waals surface area contributed by atoms with E-state index >= 15 is 0 Å². The van der Waals surface area contributed by atoms with Gasteiger partial charge in [0, 0.05) is 19.3 Å². The molecule has 12 nitrogen and oxygen atoms in total. The van der Waals surface area contributed by atoms with Crippen molar-refractivity contribution in [2.75, 3.05) is 45.3 Å². The lowest BCUT2D eigenvalue weighted by Gasteiger charge is -2.34. The molecular weight excluding hydrogens is 509 g/mol. The summed E-state index contributed by atoms with van der Waals surface area (Å²) in [5, 5.41) is 29.1. The second-order valence-corrected chi connectivity index (χ2v) is 9.63. The van der Waals surface area contributed by atoms with Crippen molar-refractivity contribution in [3.8, 4) is 17.5 Å². The number of carbonyl (C=O) groups excluding carboxylic acids is 2. The number of aromatic nitrogens is 3. The predicted octanol–water partition coefficient (Wildman–Crippen LogP) is 1.99. The molecule has 1 aliphatic heterocycles. The Balaban J connectivity index is 1.64. The van der Waals surface area contributed by atoms with Crippen LogP contribution in [0.15, 0.2) is 36.7 Å². The smallest absolute Gasteiger partial charge is 0.409 e. The van der Waals surface area contributed by atoms with E-state index in [1.54, 1.807) is 33.7 Å².